The molecule has 1 amide bonds. The number of nitro groups is 1. The molecule has 0 saturated carbocycles. The molecule has 0 atom stereocenters. The predicted octanol–water partition coefficient (Wildman–Crippen LogP) is 4.00. The maximum absolute atomic E-state index is 12.7. The van der Waals surface area contributed by atoms with Crippen LogP contribution < -0.4 is 4.74 Å². The molecule has 8 heteroatoms. The molecule has 0 unspecified atom stereocenters. The second kappa shape index (κ2) is 7.67. The van der Waals surface area contributed by atoms with E-state index in [-0.39, 0.29) is 11.6 Å². The molecule has 1 aliphatic rings. The highest BCUT2D eigenvalue weighted by molar-refractivity contribution is 8.26. The lowest BCUT2D eigenvalue weighted by molar-refractivity contribution is -0.385. The molecule has 1 heterocycles. The summed E-state index contributed by atoms with van der Waals surface area (Å²) < 4.78 is 5.55. The van der Waals surface area contributed by atoms with E-state index < -0.39 is 4.92 Å². The summed E-state index contributed by atoms with van der Waals surface area (Å²) >= 11 is 6.46. The molecule has 0 aliphatic carbocycles. The van der Waals surface area contributed by atoms with Crippen LogP contribution >= 0.6 is 24.0 Å². The van der Waals surface area contributed by atoms with E-state index in [9.17, 15) is 14.9 Å². The number of amides is 1. The molecule has 0 spiro atoms. The van der Waals surface area contributed by atoms with Crippen molar-refractivity contribution in [1.82, 2.24) is 4.90 Å². The SMILES string of the molecule is COc1ccc(CN2C(=O)/C(=C\c3ccccc3[N+](=O)[O-])SC2=S)cc1. The lowest BCUT2D eigenvalue weighted by Gasteiger charge is -2.14. The number of rotatable bonds is 5. The summed E-state index contributed by atoms with van der Waals surface area (Å²) in [5.74, 6) is 0.476. The van der Waals surface area contributed by atoms with Gasteiger partial charge in [-0.2, -0.15) is 0 Å². The van der Waals surface area contributed by atoms with Gasteiger partial charge in [0.1, 0.15) is 10.1 Å². The Hall–Kier alpha value is -2.71. The summed E-state index contributed by atoms with van der Waals surface area (Å²) in [6.45, 7) is 0.336. The van der Waals surface area contributed by atoms with Crippen molar-refractivity contribution in [2.75, 3.05) is 7.11 Å². The van der Waals surface area contributed by atoms with Crippen molar-refractivity contribution < 1.29 is 14.5 Å². The second-order valence-corrected chi connectivity index (χ2v) is 7.11. The summed E-state index contributed by atoms with van der Waals surface area (Å²) in [5, 5.41) is 11.1. The molecule has 132 valence electrons. The minimum atomic E-state index is -0.468. The first-order valence-corrected chi connectivity index (χ1v) is 8.84. The minimum absolute atomic E-state index is 0.0482. The van der Waals surface area contributed by atoms with Crippen LogP contribution in [0.15, 0.2) is 53.4 Å². The molecule has 1 fully saturated rings. The maximum atomic E-state index is 12.7. The zero-order valence-electron chi connectivity index (χ0n) is 13.7. The van der Waals surface area contributed by atoms with Gasteiger partial charge in [-0.1, -0.05) is 48.2 Å². The van der Waals surface area contributed by atoms with Crippen LogP contribution in [0, 0.1) is 10.1 Å². The van der Waals surface area contributed by atoms with Crippen molar-refractivity contribution in [1.29, 1.82) is 0 Å². The van der Waals surface area contributed by atoms with Crippen molar-refractivity contribution in [3.8, 4) is 5.75 Å². The van der Waals surface area contributed by atoms with Crippen LogP contribution in [-0.4, -0.2) is 27.2 Å². The van der Waals surface area contributed by atoms with Crippen LogP contribution in [0.3, 0.4) is 0 Å². The summed E-state index contributed by atoms with van der Waals surface area (Å²) in [5.41, 5.74) is 1.24. The van der Waals surface area contributed by atoms with E-state index in [1.54, 1.807) is 25.3 Å². The smallest absolute Gasteiger partial charge is 0.276 e. The first-order valence-electron chi connectivity index (χ1n) is 7.61. The Kier molecular flexibility index (Phi) is 5.34. The average molecular weight is 386 g/mol. The van der Waals surface area contributed by atoms with E-state index >= 15 is 0 Å². The number of thioether (sulfide) groups is 1. The Morgan fingerprint density at radius 2 is 1.92 bits per heavy atom. The molecule has 0 bridgehead atoms. The van der Waals surface area contributed by atoms with Gasteiger partial charge >= 0.3 is 0 Å². The lowest BCUT2D eigenvalue weighted by atomic mass is 10.1. The molecule has 0 aromatic heterocycles. The van der Waals surface area contributed by atoms with E-state index in [1.165, 1.54) is 17.0 Å². The third kappa shape index (κ3) is 3.76. The van der Waals surface area contributed by atoms with Gasteiger partial charge in [0, 0.05) is 6.07 Å². The van der Waals surface area contributed by atoms with Crippen molar-refractivity contribution in [2.24, 2.45) is 0 Å². The van der Waals surface area contributed by atoms with E-state index in [0.717, 1.165) is 23.1 Å². The fourth-order valence-corrected chi connectivity index (χ4v) is 3.71. The van der Waals surface area contributed by atoms with Crippen LogP contribution in [0.5, 0.6) is 5.75 Å². The first-order chi connectivity index (χ1) is 12.5. The summed E-state index contributed by atoms with van der Waals surface area (Å²) in [6.07, 6.45) is 1.52. The highest BCUT2D eigenvalue weighted by Crippen LogP contribution is 2.35. The fourth-order valence-electron chi connectivity index (χ4n) is 2.47. The van der Waals surface area contributed by atoms with Crippen LogP contribution in [0.4, 0.5) is 5.69 Å². The Balaban J connectivity index is 1.83. The van der Waals surface area contributed by atoms with Gasteiger partial charge in [-0.25, -0.2) is 0 Å². The zero-order chi connectivity index (χ0) is 18.7. The number of nitro benzene ring substituents is 1. The molecule has 2 aromatic carbocycles. The molecule has 2 aromatic rings. The van der Waals surface area contributed by atoms with E-state index in [1.807, 2.05) is 24.3 Å². The molecule has 26 heavy (non-hydrogen) atoms. The van der Waals surface area contributed by atoms with E-state index in [0.29, 0.717) is 21.3 Å². The number of nitrogens with zero attached hydrogens (tertiary/aromatic N) is 2. The molecule has 3 rings (SSSR count). The number of hydrogen-bond donors (Lipinski definition) is 0. The fraction of sp³-hybridized carbons (Fsp3) is 0.111. The Labute approximate surface area is 159 Å². The van der Waals surface area contributed by atoms with Gasteiger partial charge in [-0.3, -0.25) is 19.8 Å². The molecular formula is C18H14N2O4S2. The number of thiocarbonyl (C=S) groups is 1. The van der Waals surface area contributed by atoms with Gasteiger partial charge in [0.25, 0.3) is 11.6 Å². The Morgan fingerprint density at radius 3 is 2.58 bits per heavy atom. The van der Waals surface area contributed by atoms with Crippen molar-refractivity contribution in [3.63, 3.8) is 0 Å². The van der Waals surface area contributed by atoms with Crippen molar-refractivity contribution in [3.05, 3.63) is 74.7 Å². The minimum Gasteiger partial charge on any atom is -0.497 e. The zero-order valence-corrected chi connectivity index (χ0v) is 15.4. The number of benzene rings is 2. The van der Waals surface area contributed by atoms with Gasteiger partial charge in [0.2, 0.25) is 0 Å². The maximum Gasteiger partial charge on any atom is 0.276 e. The molecule has 1 aliphatic heterocycles. The number of carbonyl (C=O) groups excluding carboxylic acids is 1. The first kappa shape index (κ1) is 18.1. The van der Waals surface area contributed by atoms with Crippen LogP contribution in [0.2, 0.25) is 0 Å². The monoisotopic (exact) mass is 386 g/mol. The van der Waals surface area contributed by atoms with Gasteiger partial charge in [0.05, 0.1) is 29.0 Å². The van der Waals surface area contributed by atoms with Crippen molar-refractivity contribution >= 4 is 46.0 Å². The van der Waals surface area contributed by atoms with Crippen LogP contribution in [0.25, 0.3) is 6.08 Å². The van der Waals surface area contributed by atoms with E-state index in [2.05, 4.69) is 0 Å². The van der Waals surface area contributed by atoms with Crippen LogP contribution in [0.1, 0.15) is 11.1 Å². The van der Waals surface area contributed by atoms with E-state index in [4.69, 9.17) is 17.0 Å². The Morgan fingerprint density at radius 1 is 1.23 bits per heavy atom. The molecule has 1 saturated heterocycles. The number of carbonyl (C=O) groups is 1. The van der Waals surface area contributed by atoms with Gasteiger partial charge in [0.15, 0.2) is 0 Å². The second-order valence-electron chi connectivity index (χ2n) is 5.43. The summed E-state index contributed by atoms with van der Waals surface area (Å²) in [4.78, 5) is 25.2. The number of hydrogen-bond acceptors (Lipinski definition) is 6. The van der Waals surface area contributed by atoms with Gasteiger partial charge in [-0.05, 0) is 29.8 Å². The van der Waals surface area contributed by atoms with Crippen LogP contribution in [-0.2, 0) is 11.3 Å². The molecule has 0 radical (unpaired) electrons. The normalized spacial score (nSPS) is 15.6. The largest absolute Gasteiger partial charge is 0.497 e. The quantitative estimate of drug-likeness (QED) is 0.335. The lowest BCUT2D eigenvalue weighted by Crippen LogP contribution is -2.27. The number of methoxy groups -OCH3 is 1. The standard InChI is InChI=1S/C18H14N2O4S2/c1-24-14-8-6-12(7-9-14)11-19-17(21)16(26-18(19)25)10-13-4-2-3-5-15(13)20(22)23/h2-10H,11H2,1H3/b16-10+. The predicted molar refractivity (Wildman–Crippen MR) is 105 cm³/mol. The topological polar surface area (TPSA) is 72.7 Å². The highest BCUT2D eigenvalue weighted by Gasteiger charge is 2.32. The molecule has 0 N–H and O–H groups in total. The van der Waals surface area contributed by atoms with Gasteiger partial charge < -0.3 is 4.74 Å². The summed E-state index contributed by atoms with van der Waals surface area (Å²) in [6, 6.07) is 13.7. The van der Waals surface area contributed by atoms with Crippen molar-refractivity contribution in [2.45, 2.75) is 6.54 Å². The van der Waals surface area contributed by atoms with Gasteiger partial charge in [-0.15, -0.1) is 0 Å². The number of ether oxygens (including phenoxy) is 1. The average Bonchev–Trinajstić information content (AvgIpc) is 2.90. The third-order valence-electron chi connectivity index (χ3n) is 3.79. The highest BCUT2D eigenvalue weighted by atomic mass is 32.2. The Bertz CT molecular complexity index is 910. The third-order valence-corrected chi connectivity index (χ3v) is 5.17. The number of para-hydroxylation sites is 1. The molecule has 6 nitrogen and oxygen atoms in total. The summed E-state index contributed by atoms with van der Waals surface area (Å²) in [7, 11) is 1.59. The molecular weight excluding hydrogens is 372 g/mol.